The van der Waals surface area contributed by atoms with Crippen LogP contribution in [0.25, 0.3) is 0 Å². The van der Waals surface area contributed by atoms with E-state index in [2.05, 4.69) is 5.32 Å². The molecule has 0 aromatic carbocycles. The van der Waals surface area contributed by atoms with Gasteiger partial charge in [0.1, 0.15) is 0 Å². The Morgan fingerprint density at radius 3 is 2.11 bits per heavy atom. The Hall–Kier alpha value is -0.0800. The van der Waals surface area contributed by atoms with Gasteiger partial charge < -0.3 is 10.4 Å². The molecule has 2 aliphatic carbocycles. The third-order valence-electron chi connectivity index (χ3n) is 5.04. The zero-order chi connectivity index (χ0) is 12.6. The summed E-state index contributed by atoms with van der Waals surface area (Å²) in [5.74, 6) is 1.42. The number of hydrogen-bond donors (Lipinski definition) is 2. The van der Waals surface area contributed by atoms with E-state index in [1.165, 1.54) is 77.2 Å². The predicted molar refractivity (Wildman–Crippen MR) is 76.6 cm³/mol. The zero-order valence-electron chi connectivity index (χ0n) is 11.9. The van der Waals surface area contributed by atoms with Crippen molar-refractivity contribution in [1.82, 2.24) is 5.32 Å². The zero-order valence-corrected chi connectivity index (χ0v) is 11.9. The molecule has 2 nitrogen and oxygen atoms in total. The lowest BCUT2D eigenvalue weighted by Gasteiger charge is -2.32. The topological polar surface area (TPSA) is 32.3 Å². The molecule has 0 aromatic heterocycles. The van der Waals surface area contributed by atoms with Crippen LogP contribution in [0.2, 0.25) is 0 Å². The van der Waals surface area contributed by atoms with Crippen LogP contribution in [-0.2, 0) is 0 Å². The monoisotopic (exact) mass is 253 g/mol. The highest BCUT2D eigenvalue weighted by Crippen LogP contribution is 2.26. The fourth-order valence-corrected chi connectivity index (χ4v) is 3.76. The minimum absolute atomic E-state index is 0.377. The van der Waals surface area contributed by atoms with Crippen molar-refractivity contribution in [2.75, 3.05) is 13.2 Å². The molecule has 2 unspecified atom stereocenters. The van der Waals surface area contributed by atoms with Gasteiger partial charge in [-0.25, -0.2) is 0 Å². The summed E-state index contributed by atoms with van der Waals surface area (Å²) in [6, 6.07) is 0.592. The van der Waals surface area contributed by atoms with Gasteiger partial charge >= 0.3 is 0 Å². The number of nitrogens with one attached hydrogen (secondary N) is 1. The van der Waals surface area contributed by atoms with Gasteiger partial charge in [-0.15, -0.1) is 0 Å². The molecule has 0 saturated heterocycles. The minimum atomic E-state index is 0.377. The van der Waals surface area contributed by atoms with E-state index in [4.69, 9.17) is 0 Å². The molecule has 2 heteroatoms. The SMILES string of the molecule is OCC1CCCCC1NCC1CCCCCCC1. The molecule has 0 bridgehead atoms. The summed E-state index contributed by atoms with van der Waals surface area (Å²) in [4.78, 5) is 0. The van der Waals surface area contributed by atoms with E-state index in [1.807, 2.05) is 0 Å². The molecule has 2 saturated carbocycles. The van der Waals surface area contributed by atoms with E-state index in [-0.39, 0.29) is 0 Å². The molecule has 2 atom stereocenters. The Morgan fingerprint density at radius 1 is 0.778 bits per heavy atom. The van der Waals surface area contributed by atoms with E-state index >= 15 is 0 Å². The standard InChI is InChI=1S/C16H31NO/c18-13-15-10-6-7-11-16(15)17-12-14-8-4-2-1-3-5-9-14/h14-18H,1-13H2. The van der Waals surface area contributed by atoms with Crippen molar-refractivity contribution >= 4 is 0 Å². The largest absolute Gasteiger partial charge is 0.396 e. The summed E-state index contributed by atoms with van der Waals surface area (Å²) in [5, 5.41) is 13.2. The Kier molecular flexibility index (Phi) is 6.50. The Bertz CT molecular complexity index is 211. The van der Waals surface area contributed by atoms with Crippen molar-refractivity contribution < 1.29 is 5.11 Å². The number of aliphatic hydroxyl groups excluding tert-OH is 1. The van der Waals surface area contributed by atoms with Crippen molar-refractivity contribution in [3.63, 3.8) is 0 Å². The maximum absolute atomic E-state index is 9.44. The van der Waals surface area contributed by atoms with Gasteiger partial charge in [0.15, 0.2) is 0 Å². The van der Waals surface area contributed by atoms with Gasteiger partial charge in [0.2, 0.25) is 0 Å². The van der Waals surface area contributed by atoms with Gasteiger partial charge in [-0.3, -0.25) is 0 Å². The lowest BCUT2D eigenvalue weighted by atomic mass is 9.84. The normalized spacial score (nSPS) is 31.8. The second-order valence-corrected chi connectivity index (χ2v) is 6.45. The molecule has 0 aromatic rings. The lowest BCUT2D eigenvalue weighted by Crippen LogP contribution is -2.42. The molecule has 2 N–H and O–H groups in total. The van der Waals surface area contributed by atoms with Gasteiger partial charge in [0.05, 0.1) is 0 Å². The van der Waals surface area contributed by atoms with Gasteiger partial charge in [-0.2, -0.15) is 0 Å². The highest BCUT2D eigenvalue weighted by atomic mass is 16.3. The summed E-state index contributed by atoms with van der Waals surface area (Å²) in [6.45, 7) is 1.57. The summed E-state index contributed by atoms with van der Waals surface area (Å²) in [7, 11) is 0. The second kappa shape index (κ2) is 8.16. The van der Waals surface area contributed by atoms with Crippen LogP contribution in [0.5, 0.6) is 0 Å². The van der Waals surface area contributed by atoms with Crippen molar-refractivity contribution in [2.24, 2.45) is 11.8 Å². The average Bonchev–Trinajstić information content (AvgIpc) is 2.38. The van der Waals surface area contributed by atoms with Crippen LogP contribution in [0, 0.1) is 11.8 Å². The van der Waals surface area contributed by atoms with Crippen molar-refractivity contribution in [3.8, 4) is 0 Å². The molecular weight excluding hydrogens is 222 g/mol. The molecule has 2 aliphatic rings. The number of hydrogen-bond acceptors (Lipinski definition) is 2. The highest BCUT2D eigenvalue weighted by molar-refractivity contribution is 4.81. The summed E-state index contributed by atoms with van der Waals surface area (Å²) in [6.07, 6.45) is 15.2. The molecule has 0 radical (unpaired) electrons. The molecule has 18 heavy (non-hydrogen) atoms. The van der Waals surface area contributed by atoms with Crippen molar-refractivity contribution in [2.45, 2.75) is 76.7 Å². The van der Waals surface area contributed by atoms with Crippen molar-refractivity contribution in [3.05, 3.63) is 0 Å². The van der Waals surface area contributed by atoms with E-state index < -0.39 is 0 Å². The smallest absolute Gasteiger partial charge is 0.0474 e. The highest BCUT2D eigenvalue weighted by Gasteiger charge is 2.24. The number of aliphatic hydroxyl groups is 1. The lowest BCUT2D eigenvalue weighted by molar-refractivity contribution is 0.148. The maximum atomic E-state index is 9.44. The first-order valence-electron chi connectivity index (χ1n) is 8.24. The van der Waals surface area contributed by atoms with E-state index in [0.29, 0.717) is 18.6 Å². The minimum Gasteiger partial charge on any atom is -0.396 e. The van der Waals surface area contributed by atoms with Gasteiger partial charge in [-0.1, -0.05) is 44.9 Å². The first-order chi connectivity index (χ1) is 8.90. The molecule has 0 heterocycles. The second-order valence-electron chi connectivity index (χ2n) is 6.45. The fraction of sp³-hybridized carbons (Fsp3) is 1.00. The van der Waals surface area contributed by atoms with E-state index in [1.54, 1.807) is 0 Å². The molecular formula is C16H31NO. The predicted octanol–water partition coefficient (Wildman–Crippen LogP) is 3.49. The average molecular weight is 253 g/mol. The molecule has 2 rings (SSSR count). The quantitative estimate of drug-likeness (QED) is 0.804. The Balaban J connectivity index is 1.71. The van der Waals surface area contributed by atoms with Crippen molar-refractivity contribution in [1.29, 1.82) is 0 Å². The van der Waals surface area contributed by atoms with Gasteiger partial charge in [-0.05, 0) is 44.1 Å². The van der Waals surface area contributed by atoms with E-state index in [9.17, 15) is 5.11 Å². The van der Waals surface area contributed by atoms with Crippen LogP contribution >= 0.6 is 0 Å². The van der Waals surface area contributed by atoms with Crippen LogP contribution in [0.3, 0.4) is 0 Å². The Morgan fingerprint density at radius 2 is 1.39 bits per heavy atom. The van der Waals surface area contributed by atoms with Crippen LogP contribution in [-0.4, -0.2) is 24.3 Å². The van der Waals surface area contributed by atoms with Gasteiger partial charge in [0.25, 0.3) is 0 Å². The van der Waals surface area contributed by atoms with Crippen LogP contribution in [0.4, 0.5) is 0 Å². The Labute approximate surface area is 113 Å². The maximum Gasteiger partial charge on any atom is 0.0474 e. The van der Waals surface area contributed by atoms with Crippen LogP contribution < -0.4 is 5.32 Å². The van der Waals surface area contributed by atoms with Gasteiger partial charge in [0, 0.05) is 12.6 Å². The third-order valence-corrected chi connectivity index (χ3v) is 5.04. The van der Waals surface area contributed by atoms with Crippen LogP contribution in [0.15, 0.2) is 0 Å². The molecule has 0 aliphatic heterocycles. The molecule has 0 amide bonds. The first-order valence-corrected chi connectivity index (χ1v) is 8.24. The summed E-state index contributed by atoms with van der Waals surface area (Å²) in [5.41, 5.74) is 0. The number of rotatable bonds is 4. The van der Waals surface area contributed by atoms with E-state index in [0.717, 1.165) is 5.92 Å². The summed E-state index contributed by atoms with van der Waals surface area (Å²) < 4.78 is 0. The third kappa shape index (κ3) is 4.55. The first kappa shape index (κ1) is 14.3. The van der Waals surface area contributed by atoms with Crippen LogP contribution in [0.1, 0.15) is 70.6 Å². The summed E-state index contributed by atoms with van der Waals surface area (Å²) >= 11 is 0. The fourth-order valence-electron chi connectivity index (χ4n) is 3.76. The molecule has 0 spiro atoms. The molecule has 2 fully saturated rings. The molecule has 106 valence electrons.